The van der Waals surface area contributed by atoms with Crippen LogP contribution in [-0.4, -0.2) is 40.0 Å². The molecule has 10 heteroatoms. The highest BCUT2D eigenvalue weighted by atomic mass is 16.6. The fourth-order valence-electron chi connectivity index (χ4n) is 3.18. The van der Waals surface area contributed by atoms with Gasteiger partial charge in [0, 0.05) is 29.8 Å². The molecule has 31 heavy (non-hydrogen) atoms. The van der Waals surface area contributed by atoms with Crippen LogP contribution in [0.3, 0.4) is 0 Å². The number of hydrogen-bond donors (Lipinski definition) is 2. The van der Waals surface area contributed by atoms with Crippen molar-refractivity contribution in [1.82, 2.24) is 10.2 Å². The monoisotopic (exact) mass is 424 g/mol. The fraction of sp³-hybridized carbons (Fsp3) is 0.238. The Balaban J connectivity index is 1.74. The summed E-state index contributed by atoms with van der Waals surface area (Å²) in [5.41, 5.74) is -0.416. The second-order valence-electron chi connectivity index (χ2n) is 7.15. The van der Waals surface area contributed by atoms with Gasteiger partial charge in [-0.2, -0.15) is 0 Å². The standard InChI is InChI=1S/C21H20N4O6/c1-3-18(27)22-15-8-4-13(5-9-15)17(26)12-24-19(28)21(2,23-20(24)29)14-6-10-16(11-7-14)25(30)31/h4-11H,3,12H2,1-2H3,(H,22,27)(H,23,29). The normalized spacial score (nSPS) is 17.9. The van der Waals surface area contributed by atoms with Crippen molar-refractivity contribution in [2.75, 3.05) is 11.9 Å². The van der Waals surface area contributed by atoms with E-state index in [-0.39, 0.29) is 17.2 Å². The van der Waals surface area contributed by atoms with Crippen LogP contribution in [0.15, 0.2) is 48.5 Å². The van der Waals surface area contributed by atoms with E-state index >= 15 is 0 Å². The molecule has 0 spiro atoms. The smallest absolute Gasteiger partial charge is 0.325 e. The molecule has 10 nitrogen and oxygen atoms in total. The number of carbonyl (C=O) groups excluding carboxylic acids is 4. The average Bonchev–Trinajstić information content (AvgIpc) is 2.98. The Morgan fingerprint density at radius 2 is 1.71 bits per heavy atom. The first kappa shape index (κ1) is 21.6. The van der Waals surface area contributed by atoms with Gasteiger partial charge in [-0.25, -0.2) is 4.79 Å². The highest BCUT2D eigenvalue weighted by molar-refractivity contribution is 6.11. The molecule has 160 valence electrons. The Morgan fingerprint density at radius 1 is 1.10 bits per heavy atom. The third kappa shape index (κ3) is 4.27. The van der Waals surface area contributed by atoms with Crippen molar-refractivity contribution in [3.63, 3.8) is 0 Å². The summed E-state index contributed by atoms with van der Waals surface area (Å²) in [7, 11) is 0. The van der Waals surface area contributed by atoms with Crippen LogP contribution in [0, 0.1) is 10.1 Å². The number of non-ortho nitro benzene ring substituents is 1. The molecule has 1 heterocycles. The van der Waals surface area contributed by atoms with E-state index in [1.54, 1.807) is 19.1 Å². The number of nitrogens with zero attached hydrogens (tertiary/aromatic N) is 2. The largest absolute Gasteiger partial charge is 0.326 e. The zero-order chi connectivity index (χ0) is 22.8. The van der Waals surface area contributed by atoms with E-state index in [1.807, 2.05) is 0 Å². The molecule has 0 radical (unpaired) electrons. The summed E-state index contributed by atoms with van der Waals surface area (Å²) in [5.74, 6) is -1.25. The molecule has 1 unspecified atom stereocenters. The molecule has 1 aliphatic heterocycles. The number of hydrogen-bond acceptors (Lipinski definition) is 6. The lowest BCUT2D eigenvalue weighted by atomic mass is 9.92. The zero-order valence-corrected chi connectivity index (χ0v) is 16.9. The van der Waals surface area contributed by atoms with Gasteiger partial charge in [0.15, 0.2) is 5.78 Å². The highest BCUT2D eigenvalue weighted by Crippen LogP contribution is 2.30. The van der Waals surface area contributed by atoms with E-state index in [4.69, 9.17) is 0 Å². The summed E-state index contributed by atoms with van der Waals surface area (Å²) in [6.45, 7) is 2.73. The maximum Gasteiger partial charge on any atom is 0.325 e. The molecule has 4 amide bonds. The van der Waals surface area contributed by atoms with Crippen LogP contribution in [-0.2, 0) is 15.1 Å². The Bertz CT molecular complexity index is 1060. The number of nitro groups is 1. The van der Waals surface area contributed by atoms with E-state index in [2.05, 4.69) is 10.6 Å². The molecule has 1 atom stereocenters. The molecule has 1 aliphatic rings. The van der Waals surface area contributed by atoms with Crippen molar-refractivity contribution < 1.29 is 24.1 Å². The minimum absolute atomic E-state index is 0.144. The molecule has 0 aliphatic carbocycles. The van der Waals surface area contributed by atoms with Gasteiger partial charge in [0.2, 0.25) is 5.91 Å². The number of urea groups is 1. The van der Waals surface area contributed by atoms with Crippen molar-refractivity contribution in [2.45, 2.75) is 25.8 Å². The van der Waals surface area contributed by atoms with E-state index in [0.29, 0.717) is 17.7 Å². The van der Waals surface area contributed by atoms with Crippen molar-refractivity contribution in [3.05, 3.63) is 69.8 Å². The second-order valence-corrected chi connectivity index (χ2v) is 7.15. The van der Waals surface area contributed by atoms with Crippen molar-refractivity contribution in [1.29, 1.82) is 0 Å². The third-order valence-electron chi connectivity index (χ3n) is 5.04. The van der Waals surface area contributed by atoms with Gasteiger partial charge in [-0.3, -0.25) is 29.4 Å². The van der Waals surface area contributed by atoms with Crippen LogP contribution in [0.2, 0.25) is 0 Å². The van der Waals surface area contributed by atoms with Crippen LogP contribution in [0.4, 0.5) is 16.2 Å². The molecule has 1 fully saturated rings. The number of nitro benzene ring substituents is 1. The van der Waals surface area contributed by atoms with Gasteiger partial charge in [0.1, 0.15) is 5.54 Å². The maximum absolute atomic E-state index is 12.9. The number of ketones is 1. The predicted molar refractivity (Wildman–Crippen MR) is 110 cm³/mol. The van der Waals surface area contributed by atoms with E-state index < -0.39 is 34.7 Å². The van der Waals surface area contributed by atoms with Crippen LogP contribution in [0.5, 0.6) is 0 Å². The summed E-state index contributed by atoms with van der Waals surface area (Å²) in [4.78, 5) is 60.5. The zero-order valence-electron chi connectivity index (χ0n) is 16.9. The Hall–Kier alpha value is -4.08. The summed E-state index contributed by atoms with van der Waals surface area (Å²) in [6.07, 6.45) is 0.320. The van der Waals surface area contributed by atoms with Crippen LogP contribution >= 0.6 is 0 Å². The number of anilines is 1. The van der Waals surface area contributed by atoms with Crippen LogP contribution < -0.4 is 10.6 Å². The third-order valence-corrected chi connectivity index (χ3v) is 5.04. The van der Waals surface area contributed by atoms with Gasteiger partial charge in [0.05, 0.1) is 11.5 Å². The lowest BCUT2D eigenvalue weighted by Gasteiger charge is -2.22. The van der Waals surface area contributed by atoms with Crippen molar-refractivity contribution >= 4 is 35.0 Å². The quantitative estimate of drug-likeness (QED) is 0.303. The first-order valence-corrected chi connectivity index (χ1v) is 9.48. The molecular formula is C21H20N4O6. The number of carbonyl (C=O) groups is 4. The van der Waals surface area contributed by atoms with Gasteiger partial charge in [-0.15, -0.1) is 0 Å². The van der Waals surface area contributed by atoms with Gasteiger partial charge in [-0.1, -0.05) is 6.92 Å². The van der Waals surface area contributed by atoms with Crippen LogP contribution in [0.1, 0.15) is 36.2 Å². The first-order valence-electron chi connectivity index (χ1n) is 9.48. The van der Waals surface area contributed by atoms with E-state index in [9.17, 15) is 29.3 Å². The topological polar surface area (TPSA) is 139 Å². The van der Waals surface area contributed by atoms with Crippen LogP contribution in [0.25, 0.3) is 0 Å². The molecule has 2 aromatic carbocycles. The van der Waals surface area contributed by atoms with E-state index in [0.717, 1.165) is 4.90 Å². The van der Waals surface area contributed by atoms with Gasteiger partial charge in [-0.05, 0) is 48.9 Å². The lowest BCUT2D eigenvalue weighted by molar-refractivity contribution is -0.384. The van der Waals surface area contributed by atoms with Gasteiger partial charge in [0.25, 0.3) is 11.6 Å². The summed E-state index contributed by atoms with van der Waals surface area (Å²) < 4.78 is 0. The predicted octanol–water partition coefficient (Wildman–Crippen LogP) is 2.59. The number of imide groups is 1. The molecule has 0 bridgehead atoms. The lowest BCUT2D eigenvalue weighted by Crippen LogP contribution is -2.41. The molecule has 2 aromatic rings. The molecule has 2 N–H and O–H groups in total. The number of nitrogens with one attached hydrogen (secondary N) is 2. The fourth-order valence-corrected chi connectivity index (χ4v) is 3.18. The number of amides is 4. The highest BCUT2D eigenvalue weighted by Gasteiger charge is 2.49. The van der Waals surface area contributed by atoms with Gasteiger partial charge < -0.3 is 10.6 Å². The van der Waals surface area contributed by atoms with Gasteiger partial charge >= 0.3 is 6.03 Å². The number of rotatable bonds is 7. The first-order chi connectivity index (χ1) is 14.7. The Morgan fingerprint density at radius 3 is 2.26 bits per heavy atom. The molecule has 1 saturated heterocycles. The summed E-state index contributed by atoms with van der Waals surface area (Å²) in [5, 5.41) is 16.1. The summed E-state index contributed by atoms with van der Waals surface area (Å²) in [6, 6.07) is 10.7. The maximum atomic E-state index is 12.9. The number of Topliss-reactive ketones (excluding diaryl/α,β-unsaturated/α-hetero) is 1. The molecule has 3 rings (SSSR count). The SMILES string of the molecule is CCC(=O)Nc1ccc(C(=O)CN2C(=O)NC(C)(c3ccc([N+](=O)[O-])cc3)C2=O)cc1. The molecule has 0 aromatic heterocycles. The van der Waals surface area contributed by atoms with Crippen molar-refractivity contribution in [2.24, 2.45) is 0 Å². The minimum atomic E-state index is -1.44. The average molecular weight is 424 g/mol. The molecular weight excluding hydrogens is 404 g/mol. The minimum Gasteiger partial charge on any atom is -0.326 e. The Labute approximate surface area is 177 Å². The van der Waals surface area contributed by atoms with Crippen molar-refractivity contribution in [3.8, 4) is 0 Å². The van der Waals surface area contributed by atoms with E-state index in [1.165, 1.54) is 43.3 Å². The Kier molecular flexibility index (Phi) is 5.82. The molecule has 0 saturated carbocycles. The second kappa shape index (κ2) is 8.34. The number of benzene rings is 2. The summed E-state index contributed by atoms with van der Waals surface area (Å²) >= 11 is 0.